The number of thioether (sulfide) groups is 1. The quantitative estimate of drug-likeness (QED) is 0.399. The molecule has 1 atom stereocenters. The van der Waals surface area contributed by atoms with Crippen molar-refractivity contribution in [3.05, 3.63) is 65.0 Å². The van der Waals surface area contributed by atoms with E-state index in [-0.39, 0.29) is 0 Å². The largest absolute Gasteiger partial charge is 0.486 e. The van der Waals surface area contributed by atoms with E-state index >= 15 is 0 Å². The molecule has 0 saturated heterocycles. The van der Waals surface area contributed by atoms with Crippen LogP contribution in [-0.2, 0) is 15.3 Å². The van der Waals surface area contributed by atoms with Crippen molar-refractivity contribution in [2.45, 2.75) is 37.5 Å². The second kappa shape index (κ2) is 9.99. The van der Waals surface area contributed by atoms with Gasteiger partial charge in [-0.25, -0.2) is 4.79 Å². The van der Waals surface area contributed by atoms with Crippen molar-refractivity contribution < 1.29 is 28.3 Å². The van der Waals surface area contributed by atoms with Gasteiger partial charge in [-0.3, -0.25) is 4.79 Å². The second-order valence-electron chi connectivity index (χ2n) is 7.48. The van der Waals surface area contributed by atoms with Gasteiger partial charge in [-0.1, -0.05) is 17.3 Å². The number of aryl methyl sites for hydroxylation is 2. The summed E-state index contributed by atoms with van der Waals surface area (Å²) >= 11 is 1.49. The summed E-state index contributed by atoms with van der Waals surface area (Å²) in [5, 5.41) is 6.71. The highest BCUT2D eigenvalue weighted by Crippen LogP contribution is 2.33. The molecule has 1 N–H and O–H groups in total. The molecule has 0 radical (unpaired) electrons. The zero-order valence-corrected chi connectivity index (χ0v) is 19.4. The van der Waals surface area contributed by atoms with Gasteiger partial charge in [0.05, 0.1) is 11.3 Å². The van der Waals surface area contributed by atoms with Crippen LogP contribution in [0.25, 0.3) is 0 Å². The number of hydrogen-bond donors (Lipinski definition) is 1. The molecular weight excluding hydrogens is 444 g/mol. The summed E-state index contributed by atoms with van der Waals surface area (Å²) < 4.78 is 21.7. The molecule has 0 fully saturated rings. The van der Waals surface area contributed by atoms with Gasteiger partial charge < -0.3 is 24.1 Å². The van der Waals surface area contributed by atoms with Gasteiger partial charge in [0, 0.05) is 28.0 Å². The van der Waals surface area contributed by atoms with Crippen molar-refractivity contribution >= 4 is 29.3 Å². The number of ether oxygens (including phenoxy) is 3. The molecule has 0 spiro atoms. The molecule has 2 heterocycles. The number of aromatic nitrogens is 1. The van der Waals surface area contributed by atoms with Crippen molar-refractivity contribution in [2.24, 2.45) is 0 Å². The summed E-state index contributed by atoms with van der Waals surface area (Å²) in [6.07, 6.45) is -0.994. The molecule has 8 nitrogen and oxygen atoms in total. The molecule has 0 saturated carbocycles. The summed E-state index contributed by atoms with van der Waals surface area (Å²) in [5.41, 5.74) is 2.75. The Morgan fingerprint density at radius 2 is 1.88 bits per heavy atom. The van der Waals surface area contributed by atoms with Gasteiger partial charge in [-0.15, -0.1) is 11.8 Å². The van der Waals surface area contributed by atoms with Crippen molar-refractivity contribution in [1.29, 1.82) is 0 Å². The van der Waals surface area contributed by atoms with E-state index in [9.17, 15) is 9.59 Å². The lowest BCUT2D eigenvalue weighted by Gasteiger charge is -2.19. The molecule has 1 aliphatic heterocycles. The van der Waals surface area contributed by atoms with E-state index in [4.69, 9.17) is 18.7 Å². The topological polar surface area (TPSA) is 99.9 Å². The van der Waals surface area contributed by atoms with E-state index in [2.05, 4.69) is 10.5 Å². The van der Waals surface area contributed by atoms with Crippen LogP contribution in [0.1, 0.15) is 34.3 Å². The number of benzene rings is 2. The lowest BCUT2D eigenvalue weighted by Crippen LogP contribution is -2.30. The van der Waals surface area contributed by atoms with Gasteiger partial charge in [-0.2, -0.15) is 0 Å². The van der Waals surface area contributed by atoms with Crippen LogP contribution in [0.5, 0.6) is 11.5 Å². The number of carbonyl (C=O) groups is 2. The first-order valence-corrected chi connectivity index (χ1v) is 11.5. The van der Waals surface area contributed by atoms with E-state index in [1.807, 2.05) is 26.0 Å². The highest BCUT2D eigenvalue weighted by Gasteiger charge is 2.22. The number of amides is 1. The van der Waals surface area contributed by atoms with Crippen molar-refractivity contribution in [3.8, 4) is 11.5 Å². The molecule has 0 aliphatic carbocycles. The van der Waals surface area contributed by atoms with Gasteiger partial charge in [0.25, 0.3) is 5.91 Å². The highest BCUT2D eigenvalue weighted by molar-refractivity contribution is 7.98. The Hall–Kier alpha value is -3.46. The third-order valence-electron chi connectivity index (χ3n) is 5.12. The first-order chi connectivity index (χ1) is 15.9. The number of nitrogens with zero attached hydrogens (tertiary/aromatic N) is 1. The van der Waals surface area contributed by atoms with Crippen LogP contribution in [0.15, 0.2) is 51.9 Å². The molecule has 1 amide bonds. The molecular formula is C24H24N2O6S. The van der Waals surface area contributed by atoms with Gasteiger partial charge >= 0.3 is 5.97 Å². The maximum atomic E-state index is 12.8. The normalized spacial score (nSPS) is 13.3. The number of fused-ring (bicyclic) bond motifs is 1. The standard InChI is InChI=1S/C24H24N2O6S/c1-14-19(15(2)32-26-14)13-33-22-7-5-4-6-18(22)24(28)31-16(3)23(27)25-17-8-9-20-21(12-17)30-11-10-29-20/h4-9,12,16H,10-11,13H2,1-3H3,(H,25,27). The fourth-order valence-electron chi connectivity index (χ4n) is 3.26. The van der Waals surface area contributed by atoms with Crippen LogP contribution in [-0.4, -0.2) is 36.4 Å². The Labute approximate surface area is 195 Å². The van der Waals surface area contributed by atoms with Gasteiger partial charge in [-0.05, 0) is 45.0 Å². The van der Waals surface area contributed by atoms with Crippen LogP contribution >= 0.6 is 11.8 Å². The molecule has 3 aromatic rings. The van der Waals surface area contributed by atoms with Crippen molar-refractivity contribution in [2.75, 3.05) is 18.5 Å². The fourth-order valence-corrected chi connectivity index (χ4v) is 4.46. The summed E-state index contributed by atoms with van der Waals surface area (Å²) in [4.78, 5) is 26.2. The first kappa shape index (κ1) is 22.7. The third-order valence-corrected chi connectivity index (χ3v) is 6.22. The van der Waals surface area contributed by atoms with E-state index in [1.165, 1.54) is 18.7 Å². The Morgan fingerprint density at radius 3 is 2.64 bits per heavy atom. The van der Waals surface area contributed by atoms with Crippen LogP contribution in [0, 0.1) is 13.8 Å². The zero-order chi connectivity index (χ0) is 23.4. The summed E-state index contributed by atoms with van der Waals surface area (Å²) in [7, 11) is 0. The minimum absolute atomic E-state index is 0.397. The number of carbonyl (C=O) groups excluding carboxylic acids is 2. The Balaban J connectivity index is 1.39. The molecule has 1 aliphatic rings. The summed E-state index contributed by atoms with van der Waals surface area (Å²) in [5.74, 6) is 1.54. The molecule has 172 valence electrons. The Bertz CT molecular complexity index is 1160. The van der Waals surface area contributed by atoms with E-state index in [1.54, 1.807) is 30.3 Å². The monoisotopic (exact) mass is 468 g/mol. The Morgan fingerprint density at radius 1 is 1.12 bits per heavy atom. The summed E-state index contributed by atoms with van der Waals surface area (Å²) in [6.45, 7) is 6.22. The smallest absolute Gasteiger partial charge is 0.340 e. The SMILES string of the molecule is Cc1noc(C)c1CSc1ccccc1C(=O)OC(C)C(=O)Nc1ccc2c(c1)OCCO2. The van der Waals surface area contributed by atoms with E-state index < -0.39 is 18.0 Å². The maximum Gasteiger partial charge on any atom is 0.340 e. The predicted molar refractivity (Wildman–Crippen MR) is 123 cm³/mol. The minimum atomic E-state index is -0.994. The van der Waals surface area contributed by atoms with E-state index in [0.29, 0.717) is 41.7 Å². The van der Waals surface area contributed by atoms with Crippen LogP contribution in [0.4, 0.5) is 5.69 Å². The van der Waals surface area contributed by atoms with Crippen LogP contribution in [0.3, 0.4) is 0 Å². The van der Waals surface area contributed by atoms with Crippen LogP contribution < -0.4 is 14.8 Å². The molecule has 33 heavy (non-hydrogen) atoms. The number of rotatable bonds is 7. The molecule has 1 unspecified atom stereocenters. The average Bonchev–Trinajstić information content (AvgIpc) is 3.14. The van der Waals surface area contributed by atoms with Crippen molar-refractivity contribution in [1.82, 2.24) is 5.16 Å². The van der Waals surface area contributed by atoms with Gasteiger partial charge in [0.15, 0.2) is 17.6 Å². The molecule has 1 aromatic heterocycles. The average molecular weight is 469 g/mol. The van der Waals surface area contributed by atoms with Crippen LogP contribution in [0.2, 0.25) is 0 Å². The summed E-state index contributed by atoms with van der Waals surface area (Å²) in [6, 6.07) is 12.3. The molecule has 4 rings (SSSR count). The number of esters is 1. The maximum absolute atomic E-state index is 12.8. The van der Waals surface area contributed by atoms with Crippen molar-refractivity contribution in [3.63, 3.8) is 0 Å². The zero-order valence-electron chi connectivity index (χ0n) is 18.5. The number of anilines is 1. The van der Waals surface area contributed by atoms with Gasteiger partial charge in [0.1, 0.15) is 19.0 Å². The molecule has 9 heteroatoms. The van der Waals surface area contributed by atoms with E-state index in [0.717, 1.165) is 21.9 Å². The Kier molecular flexibility index (Phi) is 6.88. The van der Waals surface area contributed by atoms with Gasteiger partial charge in [0.2, 0.25) is 0 Å². The fraction of sp³-hybridized carbons (Fsp3) is 0.292. The number of nitrogens with one attached hydrogen (secondary N) is 1. The minimum Gasteiger partial charge on any atom is -0.486 e. The molecule has 0 bridgehead atoms. The lowest BCUT2D eigenvalue weighted by molar-refractivity contribution is -0.123. The highest BCUT2D eigenvalue weighted by atomic mass is 32.2. The predicted octanol–water partition coefficient (Wildman–Crippen LogP) is 4.54. The third kappa shape index (κ3) is 5.31. The second-order valence-corrected chi connectivity index (χ2v) is 8.50. The number of hydrogen-bond acceptors (Lipinski definition) is 8. The molecule has 2 aromatic carbocycles. The lowest BCUT2D eigenvalue weighted by atomic mass is 10.2. The first-order valence-electron chi connectivity index (χ1n) is 10.5.